The predicted molar refractivity (Wildman–Crippen MR) is 197 cm³/mol. The molecule has 0 spiro atoms. The molecule has 0 bridgehead atoms. The van der Waals surface area contributed by atoms with E-state index in [-0.39, 0.29) is 0 Å². The van der Waals surface area contributed by atoms with Crippen molar-refractivity contribution >= 4 is 65.6 Å². The zero-order valence-corrected chi connectivity index (χ0v) is 26.1. The van der Waals surface area contributed by atoms with Crippen LogP contribution in [0.1, 0.15) is 11.1 Å². The summed E-state index contributed by atoms with van der Waals surface area (Å²) in [6.07, 6.45) is 0. The van der Waals surface area contributed by atoms with Crippen LogP contribution in [0.3, 0.4) is 0 Å². The van der Waals surface area contributed by atoms with Crippen molar-refractivity contribution in [2.75, 3.05) is 0 Å². The summed E-state index contributed by atoms with van der Waals surface area (Å²) >= 11 is 0. The Morgan fingerprint density at radius 1 is 0.469 bits per heavy atom. The van der Waals surface area contributed by atoms with Crippen molar-refractivity contribution in [1.29, 1.82) is 10.5 Å². The first kappa shape index (κ1) is 27.1. The molecule has 10 aromatic rings. The number of benzene rings is 7. The topological polar surface area (TPSA) is 70.6 Å². The van der Waals surface area contributed by atoms with Gasteiger partial charge in [0, 0.05) is 37.9 Å². The lowest BCUT2D eigenvalue weighted by molar-refractivity contribution is 0.671. The van der Waals surface area contributed by atoms with Crippen LogP contribution in [-0.2, 0) is 0 Å². The van der Waals surface area contributed by atoms with Gasteiger partial charge in [0.1, 0.15) is 17.7 Å². The normalized spacial score (nSPS) is 11.6. The van der Waals surface area contributed by atoms with Gasteiger partial charge in [0.15, 0.2) is 5.58 Å². The number of nitrogens with zero attached hydrogens (tertiary/aromatic N) is 4. The van der Waals surface area contributed by atoms with Gasteiger partial charge in [0.2, 0.25) is 0 Å². The number of aromatic nitrogens is 2. The third-order valence-corrected chi connectivity index (χ3v) is 9.81. The van der Waals surface area contributed by atoms with Crippen molar-refractivity contribution in [3.8, 4) is 34.6 Å². The third-order valence-electron chi connectivity index (χ3n) is 9.81. The fourth-order valence-corrected chi connectivity index (χ4v) is 7.74. The Morgan fingerprint density at radius 2 is 1.06 bits per heavy atom. The molecule has 5 nitrogen and oxygen atoms in total. The van der Waals surface area contributed by atoms with Gasteiger partial charge in [-0.3, -0.25) is 0 Å². The van der Waals surface area contributed by atoms with Crippen molar-refractivity contribution in [1.82, 2.24) is 9.13 Å². The second-order valence-electron chi connectivity index (χ2n) is 12.3. The van der Waals surface area contributed by atoms with Crippen LogP contribution in [-0.4, -0.2) is 9.13 Å². The molecule has 0 unspecified atom stereocenters. The second kappa shape index (κ2) is 10.2. The zero-order chi connectivity index (χ0) is 32.6. The molecule has 7 aromatic carbocycles. The predicted octanol–water partition coefficient (Wildman–Crippen LogP) is 11.2. The number of hydrogen-bond acceptors (Lipinski definition) is 3. The molecular formula is C44H24N4O. The van der Waals surface area contributed by atoms with Gasteiger partial charge in [0.25, 0.3) is 0 Å². The summed E-state index contributed by atoms with van der Waals surface area (Å²) in [5.74, 6) is 0. The third kappa shape index (κ3) is 3.73. The summed E-state index contributed by atoms with van der Waals surface area (Å²) in [5.41, 5.74) is 9.93. The molecule has 5 heteroatoms. The molecule has 0 fully saturated rings. The number of furan rings is 1. The first-order valence-electron chi connectivity index (χ1n) is 16.1. The van der Waals surface area contributed by atoms with Crippen molar-refractivity contribution < 1.29 is 4.42 Å². The van der Waals surface area contributed by atoms with Gasteiger partial charge in [-0.25, -0.2) is 0 Å². The largest absolute Gasteiger partial charge is 0.454 e. The Morgan fingerprint density at radius 3 is 1.76 bits per heavy atom. The standard InChI is InChI=1S/C44H24N4O/c45-25-28-10-9-15-30(42(28)48-38-16-5-1-11-31(38)32-12-2-6-17-39(32)48)27-20-23-37(29(24-27)26-46)47-40-18-7-3-13-33(40)35-21-22-36-34-14-4-8-19-41(34)49-44(36)43(35)47/h1-24H. The molecule has 0 aliphatic carbocycles. The molecule has 10 rings (SSSR count). The Balaban J connectivity index is 1.26. The highest BCUT2D eigenvalue weighted by atomic mass is 16.3. The number of rotatable bonds is 3. The van der Waals surface area contributed by atoms with E-state index in [1.165, 1.54) is 0 Å². The van der Waals surface area contributed by atoms with Gasteiger partial charge in [-0.1, -0.05) is 97.1 Å². The van der Waals surface area contributed by atoms with Crippen LogP contribution >= 0.6 is 0 Å². The molecule has 0 radical (unpaired) electrons. The van der Waals surface area contributed by atoms with Gasteiger partial charge in [-0.05, 0) is 54.1 Å². The van der Waals surface area contributed by atoms with Gasteiger partial charge in [-0.2, -0.15) is 10.5 Å². The van der Waals surface area contributed by atoms with Crippen molar-refractivity contribution in [2.45, 2.75) is 0 Å². The fraction of sp³-hybridized carbons (Fsp3) is 0. The van der Waals surface area contributed by atoms with Crippen LogP contribution in [0.25, 0.3) is 88.1 Å². The lowest BCUT2D eigenvalue weighted by Gasteiger charge is -2.17. The Bertz CT molecular complexity index is 3030. The monoisotopic (exact) mass is 624 g/mol. The molecule has 49 heavy (non-hydrogen) atoms. The van der Waals surface area contributed by atoms with Crippen LogP contribution in [0.5, 0.6) is 0 Å². The van der Waals surface area contributed by atoms with E-state index in [0.29, 0.717) is 11.1 Å². The van der Waals surface area contributed by atoms with E-state index in [1.807, 2.05) is 84.9 Å². The number of fused-ring (bicyclic) bond motifs is 10. The summed E-state index contributed by atoms with van der Waals surface area (Å²) in [5, 5.41) is 27.6. The quantitative estimate of drug-likeness (QED) is 0.196. The van der Waals surface area contributed by atoms with Crippen LogP contribution in [0, 0.1) is 22.7 Å². The highest BCUT2D eigenvalue weighted by Crippen LogP contribution is 2.42. The first-order valence-corrected chi connectivity index (χ1v) is 16.1. The van der Waals surface area contributed by atoms with E-state index in [1.54, 1.807) is 0 Å². The highest BCUT2D eigenvalue weighted by Gasteiger charge is 2.22. The number of nitriles is 2. The van der Waals surface area contributed by atoms with Crippen LogP contribution in [0.15, 0.2) is 150 Å². The minimum atomic E-state index is 0.517. The van der Waals surface area contributed by atoms with Crippen LogP contribution in [0.2, 0.25) is 0 Å². The van der Waals surface area contributed by atoms with Gasteiger partial charge in [-0.15, -0.1) is 0 Å². The van der Waals surface area contributed by atoms with Gasteiger partial charge in [0.05, 0.1) is 44.6 Å². The lowest BCUT2D eigenvalue weighted by atomic mass is 9.97. The smallest absolute Gasteiger partial charge is 0.160 e. The number of hydrogen-bond donors (Lipinski definition) is 0. The van der Waals surface area contributed by atoms with Gasteiger partial charge < -0.3 is 13.6 Å². The molecule has 0 amide bonds. The first-order chi connectivity index (χ1) is 24.2. The second-order valence-corrected chi connectivity index (χ2v) is 12.3. The summed E-state index contributed by atoms with van der Waals surface area (Å²) < 4.78 is 10.9. The van der Waals surface area contributed by atoms with E-state index >= 15 is 0 Å². The van der Waals surface area contributed by atoms with Crippen molar-refractivity contribution in [3.63, 3.8) is 0 Å². The molecule has 0 aliphatic rings. The number of para-hydroxylation sites is 5. The molecule has 0 saturated heterocycles. The Hall–Kier alpha value is -7.08. The Kier molecular flexibility index (Phi) is 5.64. The molecule has 3 aromatic heterocycles. The van der Waals surface area contributed by atoms with E-state index < -0.39 is 0 Å². The average Bonchev–Trinajstić information content (AvgIpc) is 3.82. The molecule has 0 atom stereocenters. The van der Waals surface area contributed by atoms with Gasteiger partial charge >= 0.3 is 0 Å². The van der Waals surface area contributed by atoms with Crippen LogP contribution < -0.4 is 0 Å². The van der Waals surface area contributed by atoms with E-state index in [9.17, 15) is 10.5 Å². The lowest BCUT2D eigenvalue weighted by Crippen LogP contribution is -2.02. The van der Waals surface area contributed by atoms with Crippen molar-refractivity contribution in [3.05, 3.63) is 157 Å². The molecule has 0 aliphatic heterocycles. The zero-order valence-electron chi connectivity index (χ0n) is 26.1. The SMILES string of the molecule is N#Cc1cc(-c2cccc(C#N)c2-n2c3ccccc3c3ccccc32)ccc1-n1c2ccccc2c2ccc3c4ccccc4oc3c21. The molecule has 0 N–H and O–H groups in total. The molecular weight excluding hydrogens is 601 g/mol. The van der Waals surface area contributed by atoms with E-state index in [0.717, 1.165) is 88.1 Å². The average molecular weight is 625 g/mol. The summed E-state index contributed by atoms with van der Waals surface area (Å²) in [6, 6.07) is 54.0. The van der Waals surface area contributed by atoms with Crippen molar-refractivity contribution in [2.24, 2.45) is 0 Å². The van der Waals surface area contributed by atoms with Crippen LogP contribution in [0.4, 0.5) is 0 Å². The van der Waals surface area contributed by atoms with E-state index in [2.05, 4.69) is 81.9 Å². The minimum absolute atomic E-state index is 0.517. The summed E-state index contributed by atoms with van der Waals surface area (Å²) in [6.45, 7) is 0. The maximum Gasteiger partial charge on any atom is 0.160 e. The summed E-state index contributed by atoms with van der Waals surface area (Å²) in [4.78, 5) is 0. The van der Waals surface area contributed by atoms with E-state index in [4.69, 9.17) is 4.42 Å². The molecule has 226 valence electrons. The fourth-order valence-electron chi connectivity index (χ4n) is 7.74. The maximum atomic E-state index is 10.8. The molecule has 0 saturated carbocycles. The highest BCUT2D eigenvalue weighted by molar-refractivity contribution is 6.21. The molecule has 3 heterocycles. The maximum absolute atomic E-state index is 10.8. The summed E-state index contributed by atoms with van der Waals surface area (Å²) in [7, 11) is 0. The minimum Gasteiger partial charge on any atom is -0.454 e. The Labute approximate surface area is 280 Å².